The highest BCUT2D eigenvalue weighted by Crippen LogP contribution is 2.26. The van der Waals surface area contributed by atoms with Crippen LogP contribution in [0.2, 0.25) is 0 Å². The lowest BCUT2D eigenvalue weighted by molar-refractivity contribution is 0.101. The monoisotopic (exact) mass is 361 g/mol. The maximum Gasteiger partial charge on any atom is 0.160 e. The smallest absolute Gasteiger partial charge is 0.160 e. The summed E-state index contributed by atoms with van der Waals surface area (Å²) in [6.45, 7) is 1.55. The van der Waals surface area contributed by atoms with E-state index in [0.717, 1.165) is 28.1 Å². The van der Waals surface area contributed by atoms with E-state index in [4.69, 9.17) is 4.74 Å². The van der Waals surface area contributed by atoms with Gasteiger partial charge in [-0.05, 0) is 42.8 Å². The molecule has 27 heavy (non-hydrogen) atoms. The van der Waals surface area contributed by atoms with Crippen LogP contribution in [0.25, 0.3) is 16.7 Å². The van der Waals surface area contributed by atoms with E-state index in [1.54, 1.807) is 25.0 Å². The van der Waals surface area contributed by atoms with Crippen LogP contribution in [0.1, 0.15) is 34.8 Å². The number of Topliss-reactive ketones (excluding diaryl/α,β-unsaturated/α-hetero) is 1. The van der Waals surface area contributed by atoms with Crippen molar-refractivity contribution in [2.24, 2.45) is 7.05 Å². The summed E-state index contributed by atoms with van der Waals surface area (Å²) < 4.78 is 9.38. The second-order valence-corrected chi connectivity index (χ2v) is 6.33. The average Bonchev–Trinajstić information content (AvgIpc) is 3.28. The molecule has 2 aromatic heterocycles. The molecule has 136 valence electrons. The van der Waals surface area contributed by atoms with E-state index in [1.165, 1.54) is 6.33 Å². The molecule has 2 aromatic carbocycles. The van der Waals surface area contributed by atoms with Gasteiger partial charge in [-0.3, -0.25) is 14.0 Å². The van der Waals surface area contributed by atoms with Gasteiger partial charge < -0.3 is 4.74 Å². The first-order chi connectivity index (χ1) is 13.1. The molecule has 0 saturated carbocycles. The Morgan fingerprint density at radius 1 is 1.15 bits per heavy atom. The van der Waals surface area contributed by atoms with Crippen molar-refractivity contribution in [2.75, 3.05) is 7.11 Å². The minimum absolute atomic E-state index is 0.0278. The number of nitrogens with zero attached hydrogens (tertiary/aromatic N) is 5. The molecule has 2 heterocycles. The number of aryl methyl sites for hydroxylation is 1. The number of hydrogen-bond acceptors (Lipinski definition) is 5. The van der Waals surface area contributed by atoms with Crippen LogP contribution in [0.4, 0.5) is 0 Å². The van der Waals surface area contributed by atoms with E-state index >= 15 is 0 Å². The van der Waals surface area contributed by atoms with Gasteiger partial charge in [0.15, 0.2) is 11.6 Å². The summed E-state index contributed by atoms with van der Waals surface area (Å²) in [5.74, 6) is 0.760. The molecule has 0 aliphatic carbocycles. The van der Waals surface area contributed by atoms with Crippen LogP contribution in [0.15, 0.2) is 55.1 Å². The molecule has 0 saturated heterocycles. The van der Waals surface area contributed by atoms with Gasteiger partial charge in [0.25, 0.3) is 0 Å². The number of rotatable bonds is 5. The van der Waals surface area contributed by atoms with Crippen molar-refractivity contribution in [1.82, 2.24) is 24.3 Å². The predicted molar refractivity (Wildman–Crippen MR) is 101 cm³/mol. The molecule has 0 radical (unpaired) electrons. The van der Waals surface area contributed by atoms with Crippen LogP contribution < -0.4 is 0 Å². The lowest BCUT2D eigenvalue weighted by Crippen LogP contribution is -2.11. The summed E-state index contributed by atoms with van der Waals surface area (Å²) in [6.07, 6.45) is 2.95. The summed E-state index contributed by atoms with van der Waals surface area (Å²) in [5, 5.41) is 4.13. The highest BCUT2D eigenvalue weighted by molar-refractivity contribution is 5.97. The van der Waals surface area contributed by atoms with Crippen molar-refractivity contribution in [1.29, 1.82) is 0 Å². The SMILES string of the molecule is COC(c1cccc(-n2cnc3cc(C(C)=O)ccc32)c1)c1ncnn1C. The summed E-state index contributed by atoms with van der Waals surface area (Å²) in [5.41, 5.74) is 4.29. The van der Waals surface area contributed by atoms with Crippen molar-refractivity contribution >= 4 is 16.8 Å². The van der Waals surface area contributed by atoms with Crippen molar-refractivity contribution in [3.05, 3.63) is 72.1 Å². The lowest BCUT2D eigenvalue weighted by Gasteiger charge is -2.16. The highest BCUT2D eigenvalue weighted by atomic mass is 16.5. The van der Waals surface area contributed by atoms with Crippen molar-refractivity contribution in [2.45, 2.75) is 13.0 Å². The Balaban J connectivity index is 1.78. The minimum atomic E-state index is -0.323. The van der Waals surface area contributed by atoms with E-state index in [0.29, 0.717) is 5.56 Å². The molecule has 0 aliphatic rings. The van der Waals surface area contributed by atoms with Crippen LogP contribution in [0, 0.1) is 0 Å². The fourth-order valence-corrected chi connectivity index (χ4v) is 3.21. The van der Waals surface area contributed by atoms with Gasteiger partial charge in [0, 0.05) is 25.4 Å². The van der Waals surface area contributed by atoms with Gasteiger partial charge in [0.1, 0.15) is 18.8 Å². The number of imidazole rings is 1. The van der Waals surface area contributed by atoms with Crippen LogP contribution in [0.5, 0.6) is 0 Å². The standard InChI is InChI=1S/C20H19N5O2/c1-13(26)14-7-8-18-17(10-14)22-12-25(18)16-6-4-5-15(9-16)19(27-3)20-21-11-23-24(20)2/h4-12,19H,1-3H3. The first-order valence-electron chi connectivity index (χ1n) is 8.53. The Labute approximate surface area is 156 Å². The van der Waals surface area contributed by atoms with Gasteiger partial charge in [0.05, 0.1) is 11.0 Å². The van der Waals surface area contributed by atoms with Crippen LogP contribution in [-0.2, 0) is 11.8 Å². The maximum absolute atomic E-state index is 11.6. The fourth-order valence-electron chi connectivity index (χ4n) is 3.21. The zero-order chi connectivity index (χ0) is 19.0. The van der Waals surface area contributed by atoms with Crippen LogP contribution >= 0.6 is 0 Å². The number of carbonyl (C=O) groups excluding carboxylic acids is 1. The molecule has 0 N–H and O–H groups in total. The Hall–Kier alpha value is -3.32. The number of aromatic nitrogens is 5. The second kappa shape index (κ2) is 6.77. The third kappa shape index (κ3) is 3.02. The number of fused-ring (bicyclic) bond motifs is 1. The quantitative estimate of drug-likeness (QED) is 0.511. The van der Waals surface area contributed by atoms with Crippen molar-refractivity contribution in [3.63, 3.8) is 0 Å². The summed E-state index contributed by atoms with van der Waals surface area (Å²) in [6, 6.07) is 13.6. The normalized spacial score (nSPS) is 12.4. The Morgan fingerprint density at radius 3 is 2.70 bits per heavy atom. The third-order valence-electron chi connectivity index (χ3n) is 4.62. The number of methoxy groups -OCH3 is 1. The molecule has 0 spiro atoms. The van der Waals surface area contributed by atoms with E-state index in [2.05, 4.69) is 15.1 Å². The number of carbonyl (C=O) groups is 1. The Kier molecular flexibility index (Phi) is 4.29. The largest absolute Gasteiger partial charge is 0.369 e. The molecule has 7 heteroatoms. The predicted octanol–water partition coefficient (Wildman–Crippen LogP) is 3.09. The van der Waals surface area contributed by atoms with E-state index in [-0.39, 0.29) is 11.9 Å². The lowest BCUT2D eigenvalue weighted by atomic mass is 10.1. The van der Waals surface area contributed by atoms with Gasteiger partial charge in [-0.25, -0.2) is 9.97 Å². The molecular weight excluding hydrogens is 342 g/mol. The molecule has 0 amide bonds. The van der Waals surface area contributed by atoms with Crippen LogP contribution in [-0.4, -0.2) is 37.2 Å². The molecule has 0 aliphatic heterocycles. The summed E-state index contributed by atoms with van der Waals surface area (Å²) >= 11 is 0. The Bertz CT molecular complexity index is 1130. The first-order valence-corrected chi connectivity index (χ1v) is 8.53. The van der Waals surface area contributed by atoms with Crippen molar-refractivity contribution < 1.29 is 9.53 Å². The molecule has 1 unspecified atom stereocenters. The molecule has 0 fully saturated rings. The molecule has 4 rings (SSSR count). The molecular formula is C20H19N5O2. The van der Waals surface area contributed by atoms with Gasteiger partial charge in [-0.1, -0.05) is 12.1 Å². The zero-order valence-electron chi connectivity index (χ0n) is 15.3. The van der Waals surface area contributed by atoms with Crippen molar-refractivity contribution in [3.8, 4) is 5.69 Å². The molecule has 4 aromatic rings. The highest BCUT2D eigenvalue weighted by Gasteiger charge is 2.19. The van der Waals surface area contributed by atoms with Gasteiger partial charge in [-0.2, -0.15) is 5.10 Å². The van der Waals surface area contributed by atoms with E-state index in [9.17, 15) is 4.79 Å². The van der Waals surface area contributed by atoms with Gasteiger partial charge in [-0.15, -0.1) is 0 Å². The fraction of sp³-hybridized carbons (Fsp3) is 0.200. The van der Waals surface area contributed by atoms with Crippen LogP contribution in [0.3, 0.4) is 0 Å². The number of benzene rings is 2. The topological polar surface area (TPSA) is 74.8 Å². The molecule has 0 bridgehead atoms. The molecule has 1 atom stereocenters. The van der Waals surface area contributed by atoms with Gasteiger partial charge in [0.2, 0.25) is 0 Å². The number of hydrogen-bond donors (Lipinski definition) is 0. The number of ketones is 1. The maximum atomic E-state index is 11.6. The van der Waals surface area contributed by atoms with Gasteiger partial charge >= 0.3 is 0 Å². The number of ether oxygens (including phenoxy) is 1. The van der Waals surface area contributed by atoms with E-state index < -0.39 is 0 Å². The summed E-state index contributed by atoms with van der Waals surface area (Å²) in [4.78, 5) is 20.4. The first kappa shape index (κ1) is 17.1. The zero-order valence-corrected chi connectivity index (χ0v) is 15.3. The average molecular weight is 361 g/mol. The molecule has 7 nitrogen and oxygen atoms in total. The summed E-state index contributed by atoms with van der Waals surface area (Å²) in [7, 11) is 3.50. The second-order valence-electron chi connectivity index (χ2n) is 6.33. The third-order valence-corrected chi connectivity index (χ3v) is 4.62. The van der Waals surface area contributed by atoms with E-state index in [1.807, 2.05) is 54.1 Å². The Morgan fingerprint density at radius 2 is 2.00 bits per heavy atom. The minimum Gasteiger partial charge on any atom is -0.369 e.